The molecule has 0 aliphatic carbocycles. The summed E-state index contributed by atoms with van der Waals surface area (Å²) in [5, 5.41) is 6.96. The van der Waals surface area contributed by atoms with Crippen molar-refractivity contribution in [1.82, 2.24) is 9.97 Å². The molecule has 0 aliphatic heterocycles. The smallest absolute Gasteiger partial charge is 0.248 e. The maximum atomic E-state index is 11.7. The van der Waals surface area contributed by atoms with E-state index in [-0.39, 0.29) is 5.82 Å². The van der Waals surface area contributed by atoms with Crippen LogP contribution in [-0.2, 0) is 9.59 Å². The molecule has 0 bridgehead atoms. The second-order valence-corrected chi connectivity index (χ2v) is 4.98. The molecular formula is C18H14N4O2. The molecule has 118 valence electrons. The van der Waals surface area contributed by atoms with E-state index >= 15 is 0 Å². The van der Waals surface area contributed by atoms with E-state index in [4.69, 9.17) is 0 Å². The number of nitrogens with one attached hydrogen (secondary N) is 2. The number of hydrogen-bond acceptors (Lipinski definition) is 4. The first kappa shape index (κ1) is 15.4. The lowest BCUT2D eigenvalue weighted by atomic mass is 10.1. The van der Waals surface area contributed by atoms with E-state index in [0.717, 1.165) is 22.9 Å². The van der Waals surface area contributed by atoms with E-state index < -0.39 is 11.8 Å². The molecule has 2 aromatic heterocycles. The summed E-state index contributed by atoms with van der Waals surface area (Å²) in [4.78, 5) is 32.2. The van der Waals surface area contributed by atoms with Crippen LogP contribution in [0.25, 0.3) is 21.8 Å². The van der Waals surface area contributed by atoms with Crippen molar-refractivity contribution in [3.8, 4) is 0 Å². The van der Waals surface area contributed by atoms with Crippen molar-refractivity contribution in [2.24, 2.45) is 0 Å². The quantitative estimate of drug-likeness (QED) is 0.572. The van der Waals surface area contributed by atoms with Crippen molar-refractivity contribution in [2.75, 3.05) is 10.6 Å². The van der Waals surface area contributed by atoms with Gasteiger partial charge >= 0.3 is 0 Å². The largest absolute Gasteiger partial charge is 0.319 e. The van der Waals surface area contributed by atoms with Gasteiger partial charge in [0.15, 0.2) is 5.82 Å². The zero-order valence-corrected chi connectivity index (χ0v) is 12.7. The number of nitrogens with zero attached hydrogens (tertiary/aromatic N) is 2. The first-order valence-electron chi connectivity index (χ1n) is 7.17. The van der Waals surface area contributed by atoms with Gasteiger partial charge < -0.3 is 10.6 Å². The van der Waals surface area contributed by atoms with E-state index in [1.54, 1.807) is 12.3 Å². The van der Waals surface area contributed by atoms with Crippen LogP contribution in [0.15, 0.2) is 61.8 Å². The summed E-state index contributed by atoms with van der Waals surface area (Å²) in [5.41, 5.74) is 1.72. The highest BCUT2D eigenvalue weighted by Crippen LogP contribution is 2.29. The molecule has 0 fully saturated rings. The maximum absolute atomic E-state index is 11.7. The topological polar surface area (TPSA) is 84.0 Å². The SMILES string of the molecule is C=CC(=O)Nc1cc2ccc3cccnc3c2nc1NC(=O)C=C. The number of rotatable bonds is 4. The number of benzene rings is 1. The first-order chi connectivity index (χ1) is 11.6. The minimum absolute atomic E-state index is 0.223. The predicted molar refractivity (Wildman–Crippen MR) is 94.7 cm³/mol. The Morgan fingerprint density at radius 2 is 1.67 bits per heavy atom. The van der Waals surface area contributed by atoms with Crippen LogP contribution in [0.1, 0.15) is 0 Å². The van der Waals surface area contributed by atoms with Gasteiger partial charge in [0.05, 0.1) is 16.7 Å². The minimum atomic E-state index is -0.427. The zero-order valence-electron chi connectivity index (χ0n) is 12.7. The molecule has 0 saturated carbocycles. The molecule has 0 aliphatic rings. The number of hydrogen-bond donors (Lipinski definition) is 2. The Bertz CT molecular complexity index is 995. The highest BCUT2D eigenvalue weighted by Gasteiger charge is 2.13. The van der Waals surface area contributed by atoms with Gasteiger partial charge in [0.1, 0.15) is 0 Å². The van der Waals surface area contributed by atoms with Gasteiger partial charge in [0.2, 0.25) is 11.8 Å². The second kappa shape index (κ2) is 6.29. The lowest BCUT2D eigenvalue weighted by Crippen LogP contribution is -2.14. The van der Waals surface area contributed by atoms with Crippen molar-refractivity contribution >= 4 is 45.1 Å². The number of carbonyl (C=O) groups is 2. The Balaban J connectivity index is 2.24. The van der Waals surface area contributed by atoms with Gasteiger partial charge in [-0.05, 0) is 24.3 Å². The molecule has 2 N–H and O–H groups in total. The van der Waals surface area contributed by atoms with Gasteiger partial charge in [0.25, 0.3) is 0 Å². The summed E-state index contributed by atoms with van der Waals surface area (Å²) < 4.78 is 0. The molecular weight excluding hydrogens is 304 g/mol. The standard InChI is InChI=1S/C18H14N4O2/c1-3-14(23)20-13-10-12-8-7-11-6-5-9-19-16(11)17(12)22-18(13)21-15(24)4-2/h3-10H,1-2H2,(H,20,23)(H,21,22,24). The van der Waals surface area contributed by atoms with Crippen molar-refractivity contribution in [1.29, 1.82) is 0 Å². The molecule has 1 aromatic carbocycles. The molecule has 2 heterocycles. The van der Waals surface area contributed by atoms with Gasteiger partial charge in [-0.25, -0.2) is 4.98 Å². The monoisotopic (exact) mass is 318 g/mol. The molecule has 3 aromatic rings. The van der Waals surface area contributed by atoms with Crippen molar-refractivity contribution < 1.29 is 9.59 Å². The number of fused-ring (bicyclic) bond motifs is 3. The van der Waals surface area contributed by atoms with Crippen LogP contribution in [0, 0.1) is 0 Å². The van der Waals surface area contributed by atoms with Gasteiger partial charge in [-0.1, -0.05) is 31.4 Å². The second-order valence-electron chi connectivity index (χ2n) is 4.98. The third-order valence-corrected chi connectivity index (χ3v) is 3.43. The van der Waals surface area contributed by atoms with Crippen LogP contribution in [0.3, 0.4) is 0 Å². The summed E-state index contributed by atoms with van der Waals surface area (Å²) in [5.74, 6) is -0.603. The van der Waals surface area contributed by atoms with Crippen LogP contribution in [0.4, 0.5) is 11.5 Å². The van der Waals surface area contributed by atoms with E-state index in [2.05, 4.69) is 33.8 Å². The molecule has 6 nitrogen and oxygen atoms in total. The maximum Gasteiger partial charge on any atom is 0.248 e. The van der Waals surface area contributed by atoms with Crippen molar-refractivity contribution in [2.45, 2.75) is 0 Å². The summed E-state index contributed by atoms with van der Waals surface area (Å²) >= 11 is 0. The molecule has 6 heteroatoms. The number of pyridine rings is 2. The summed E-state index contributed by atoms with van der Waals surface area (Å²) in [7, 11) is 0. The van der Waals surface area contributed by atoms with Crippen LogP contribution in [0.2, 0.25) is 0 Å². The summed E-state index contributed by atoms with van der Waals surface area (Å²) in [6, 6.07) is 9.31. The minimum Gasteiger partial charge on any atom is -0.319 e. The van der Waals surface area contributed by atoms with Crippen LogP contribution in [0.5, 0.6) is 0 Å². The molecule has 3 rings (SSSR count). The fourth-order valence-corrected chi connectivity index (χ4v) is 2.32. The van der Waals surface area contributed by atoms with Crippen LogP contribution < -0.4 is 10.6 Å². The van der Waals surface area contributed by atoms with Crippen LogP contribution in [-0.4, -0.2) is 21.8 Å². The fourth-order valence-electron chi connectivity index (χ4n) is 2.32. The molecule has 0 saturated heterocycles. The molecule has 0 radical (unpaired) electrons. The third-order valence-electron chi connectivity index (χ3n) is 3.43. The number of amides is 2. The Hall–Kier alpha value is -3.54. The van der Waals surface area contributed by atoms with E-state index in [1.165, 1.54) is 0 Å². The van der Waals surface area contributed by atoms with Gasteiger partial charge in [0, 0.05) is 17.0 Å². The lowest BCUT2D eigenvalue weighted by molar-refractivity contribution is -0.112. The van der Waals surface area contributed by atoms with Crippen molar-refractivity contribution in [3.63, 3.8) is 0 Å². The van der Waals surface area contributed by atoms with Crippen molar-refractivity contribution in [3.05, 3.63) is 61.8 Å². The Morgan fingerprint density at radius 1 is 0.958 bits per heavy atom. The average molecular weight is 318 g/mol. The highest BCUT2D eigenvalue weighted by molar-refractivity contribution is 6.10. The number of aromatic nitrogens is 2. The number of anilines is 2. The van der Waals surface area contributed by atoms with E-state index in [1.807, 2.05) is 24.3 Å². The van der Waals surface area contributed by atoms with Crippen LogP contribution >= 0.6 is 0 Å². The van der Waals surface area contributed by atoms with Gasteiger partial charge in [-0.3, -0.25) is 14.6 Å². The van der Waals surface area contributed by atoms with E-state index in [9.17, 15) is 9.59 Å². The zero-order chi connectivity index (χ0) is 17.1. The van der Waals surface area contributed by atoms with Gasteiger partial charge in [-0.15, -0.1) is 0 Å². The fraction of sp³-hybridized carbons (Fsp3) is 0. The van der Waals surface area contributed by atoms with E-state index in [0.29, 0.717) is 16.7 Å². The predicted octanol–water partition coefficient (Wildman–Crippen LogP) is 3.03. The Morgan fingerprint density at radius 3 is 2.42 bits per heavy atom. The average Bonchev–Trinajstić information content (AvgIpc) is 2.61. The highest BCUT2D eigenvalue weighted by atomic mass is 16.2. The molecule has 2 amide bonds. The summed E-state index contributed by atoms with van der Waals surface area (Å²) in [6.07, 6.45) is 3.95. The Labute approximate surface area is 137 Å². The lowest BCUT2D eigenvalue weighted by Gasteiger charge is -2.12. The Kier molecular flexibility index (Phi) is 4.03. The molecule has 0 spiro atoms. The van der Waals surface area contributed by atoms with Gasteiger partial charge in [-0.2, -0.15) is 0 Å². The first-order valence-corrected chi connectivity index (χ1v) is 7.17. The summed E-state index contributed by atoms with van der Waals surface area (Å²) in [6.45, 7) is 6.84. The molecule has 0 atom stereocenters. The third kappa shape index (κ3) is 2.85. The molecule has 24 heavy (non-hydrogen) atoms. The molecule has 0 unspecified atom stereocenters. The normalized spacial score (nSPS) is 10.3. The number of carbonyl (C=O) groups excluding carboxylic acids is 2.